The molecule has 1 aliphatic heterocycles. The summed E-state index contributed by atoms with van der Waals surface area (Å²) in [6, 6.07) is 3.97. The molecular formula is C23H21N3O5. The molecule has 158 valence electrons. The molecule has 0 N–H and O–H groups in total. The van der Waals surface area contributed by atoms with Crippen LogP contribution in [0.1, 0.15) is 58.4 Å². The summed E-state index contributed by atoms with van der Waals surface area (Å²) in [6.07, 6.45) is 10.4. The Kier molecular flexibility index (Phi) is 5.67. The van der Waals surface area contributed by atoms with Crippen molar-refractivity contribution in [2.75, 3.05) is 6.61 Å². The van der Waals surface area contributed by atoms with Crippen LogP contribution in [0.3, 0.4) is 0 Å². The molecule has 2 aliphatic rings. The second kappa shape index (κ2) is 8.56. The van der Waals surface area contributed by atoms with Gasteiger partial charge in [-0.1, -0.05) is 12.0 Å². The zero-order chi connectivity index (χ0) is 22.0. The number of Topliss-reactive ketones (excluding diaryl/α,β-unsaturated/α-hetero) is 2. The van der Waals surface area contributed by atoms with E-state index in [9.17, 15) is 19.2 Å². The second-order valence-electron chi connectivity index (χ2n) is 7.59. The molecule has 1 aliphatic carbocycles. The van der Waals surface area contributed by atoms with Crippen molar-refractivity contribution >= 4 is 23.4 Å². The van der Waals surface area contributed by atoms with Crippen LogP contribution in [0.2, 0.25) is 0 Å². The third kappa shape index (κ3) is 3.99. The predicted molar refractivity (Wildman–Crippen MR) is 109 cm³/mol. The molecule has 1 fully saturated rings. The molecular weight excluding hydrogens is 398 g/mol. The summed E-state index contributed by atoms with van der Waals surface area (Å²) in [5.74, 6) is 1.25. The number of fused-ring (bicyclic) bond motifs is 1. The molecule has 1 unspecified atom stereocenters. The first-order valence-corrected chi connectivity index (χ1v) is 10.2. The van der Waals surface area contributed by atoms with E-state index in [4.69, 9.17) is 11.2 Å². The molecule has 31 heavy (non-hydrogen) atoms. The number of ether oxygens (including phenoxy) is 1. The van der Waals surface area contributed by atoms with Gasteiger partial charge in [0, 0.05) is 19.2 Å². The number of hydrogen-bond donors (Lipinski definition) is 0. The Bertz CT molecular complexity index is 1110. The predicted octanol–water partition coefficient (Wildman–Crippen LogP) is 2.01. The molecule has 1 saturated carbocycles. The highest BCUT2D eigenvalue weighted by atomic mass is 16.5. The lowest BCUT2D eigenvalue weighted by Crippen LogP contribution is -2.47. The number of carbonyl (C=O) groups is 4. The second-order valence-corrected chi connectivity index (χ2v) is 7.59. The highest BCUT2D eigenvalue weighted by molar-refractivity contribution is 6.24. The summed E-state index contributed by atoms with van der Waals surface area (Å²) >= 11 is 0. The van der Waals surface area contributed by atoms with Gasteiger partial charge < -0.3 is 4.74 Å². The van der Waals surface area contributed by atoms with Gasteiger partial charge in [-0.25, -0.2) is 0 Å². The molecule has 1 aromatic carbocycles. The molecule has 1 aromatic heterocycles. The quantitative estimate of drug-likeness (QED) is 0.295. The van der Waals surface area contributed by atoms with Crippen molar-refractivity contribution in [2.45, 2.75) is 44.7 Å². The molecule has 1 atom stereocenters. The van der Waals surface area contributed by atoms with E-state index in [0.29, 0.717) is 25.3 Å². The van der Waals surface area contributed by atoms with Gasteiger partial charge in [0.05, 0.1) is 42.0 Å². The Morgan fingerprint density at radius 1 is 1.16 bits per heavy atom. The topological polar surface area (TPSA) is 98.6 Å². The first kappa shape index (κ1) is 20.5. The minimum Gasteiger partial charge on any atom is -0.493 e. The fourth-order valence-corrected chi connectivity index (χ4v) is 3.93. The van der Waals surface area contributed by atoms with Crippen molar-refractivity contribution in [1.82, 2.24) is 14.7 Å². The Hall–Kier alpha value is -3.73. The Morgan fingerprint density at radius 2 is 2.00 bits per heavy atom. The maximum atomic E-state index is 13.0. The van der Waals surface area contributed by atoms with Crippen LogP contribution >= 0.6 is 0 Å². The van der Waals surface area contributed by atoms with Gasteiger partial charge in [-0.15, -0.1) is 6.42 Å². The van der Waals surface area contributed by atoms with E-state index in [1.807, 2.05) is 0 Å². The van der Waals surface area contributed by atoms with E-state index in [-0.39, 0.29) is 42.0 Å². The average molecular weight is 419 g/mol. The molecule has 4 rings (SSSR count). The monoisotopic (exact) mass is 419 g/mol. The highest BCUT2D eigenvalue weighted by Gasteiger charge is 2.45. The van der Waals surface area contributed by atoms with Gasteiger partial charge in [-0.05, 0) is 31.4 Å². The third-order valence-electron chi connectivity index (χ3n) is 5.50. The van der Waals surface area contributed by atoms with E-state index in [2.05, 4.69) is 11.0 Å². The Balaban J connectivity index is 1.39. The van der Waals surface area contributed by atoms with E-state index in [1.54, 1.807) is 35.3 Å². The van der Waals surface area contributed by atoms with Crippen molar-refractivity contribution in [3.63, 3.8) is 0 Å². The van der Waals surface area contributed by atoms with Crippen LogP contribution in [0, 0.1) is 12.3 Å². The van der Waals surface area contributed by atoms with Crippen LogP contribution in [0.15, 0.2) is 30.6 Å². The normalized spacial score (nSPS) is 18.3. The van der Waals surface area contributed by atoms with Crippen molar-refractivity contribution in [3.05, 3.63) is 47.3 Å². The molecule has 0 saturated heterocycles. The zero-order valence-corrected chi connectivity index (χ0v) is 16.9. The summed E-state index contributed by atoms with van der Waals surface area (Å²) in [6.45, 7) is 1.05. The fourth-order valence-electron chi connectivity index (χ4n) is 3.93. The maximum absolute atomic E-state index is 13.0. The Labute approximate surface area is 179 Å². The molecule has 2 aromatic rings. The summed E-state index contributed by atoms with van der Waals surface area (Å²) in [4.78, 5) is 50.6. The number of aromatic nitrogens is 2. The van der Waals surface area contributed by atoms with Crippen LogP contribution in [0.4, 0.5) is 0 Å². The summed E-state index contributed by atoms with van der Waals surface area (Å²) in [5, 5.41) is 4.17. The summed E-state index contributed by atoms with van der Waals surface area (Å²) in [5.41, 5.74) is 1.14. The Morgan fingerprint density at radius 3 is 2.74 bits per heavy atom. The van der Waals surface area contributed by atoms with Crippen LogP contribution < -0.4 is 4.74 Å². The minimum absolute atomic E-state index is 0.160. The highest BCUT2D eigenvalue weighted by Crippen LogP contribution is 2.34. The fraction of sp³-hybridized carbons (Fsp3) is 0.348. The van der Waals surface area contributed by atoms with Gasteiger partial charge >= 0.3 is 0 Å². The molecule has 0 radical (unpaired) electrons. The summed E-state index contributed by atoms with van der Waals surface area (Å²) < 4.78 is 7.58. The van der Waals surface area contributed by atoms with E-state index >= 15 is 0 Å². The number of benzene rings is 1. The molecule has 0 bridgehead atoms. The number of hydrogen-bond acceptors (Lipinski definition) is 6. The number of nitrogens with zero attached hydrogens (tertiary/aromatic N) is 3. The smallest absolute Gasteiger partial charge is 0.266 e. The zero-order valence-electron chi connectivity index (χ0n) is 16.9. The van der Waals surface area contributed by atoms with Crippen molar-refractivity contribution in [1.29, 1.82) is 0 Å². The van der Waals surface area contributed by atoms with Gasteiger partial charge in [0.15, 0.2) is 5.78 Å². The average Bonchev–Trinajstić information content (AvgIpc) is 3.32. The first-order valence-electron chi connectivity index (χ1n) is 10.2. The van der Waals surface area contributed by atoms with Crippen molar-refractivity contribution in [2.24, 2.45) is 0 Å². The number of ketones is 2. The minimum atomic E-state index is -0.889. The van der Waals surface area contributed by atoms with Gasteiger partial charge in [0.1, 0.15) is 11.5 Å². The molecule has 0 spiro atoms. The first-order chi connectivity index (χ1) is 15.0. The molecule has 8 nitrogen and oxygen atoms in total. The number of amides is 2. The number of rotatable bonds is 7. The SMILES string of the molecule is C#Cc1cnn(CCCCOc2cccc3c2C(=O)N(C2CCC(=O)CC2=O)C3=O)c1. The lowest BCUT2D eigenvalue weighted by molar-refractivity contribution is -0.132. The van der Waals surface area contributed by atoms with Crippen LogP contribution in [-0.4, -0.2) is 50.7 Å². The number of imide groups is 1. The standard InChI is InChI=1S/C23H21N3O5/c1-2-15-13-24-25(14-15)10-3-4-11-31-20-7-5-6-17-21(20)23(30)26(22(17)29)18-9-8-16(27)12-19(18)28/h1,5-7,13-14,18H,3-4,8-12H2. The molecule has 8 heteroatoms. The number of carbonyl (C=O) groups excluding carboxylic acids is 4. The van der Waals surface area contributed by atoms with E-state index < -0.39 is 17.9 Å². The van der Waals surface area contributed by atoms with Crippen LogP contribution in [0.25, 0.3) is 0 Å². The lowest BCUT2D eigenvalue weighted by Gasteiger charge is -2.27. The van der Waals surface area contributed by atoms with Crippen molar-refractivity contribution < 1.29 is 23.9 Å². The maximum Gasteiger partial charge on any atom is 0.266 e. The largest absolute Gasteiger partial charge is 0.493 e. The van der Waals surface area contributed by atoms with Crippen molar-refractivity contribution in [3.8, 4) is 18.1 Å². The van der Waals surface area contributed by atoms with Gasteiger partial charge in [0.2, 0.25) is 0 Å². The van der Waals surface area contributed by atoms with Gasteiger partial charge in [-0.2, -0.15) is 5.10 Å². The number of terminal acetylenes is 1. The number of aryl methyl sites for hydroxylation is 1. The van der Waals surface area contributed by atoms with Gasteiger partial charge in [0.25, 0.3) is 11.8 Å². The third-order valence-corrected chi connectivity index (χ3v) is 5.50. The van der Waals surface area contributed by atoms with E-state index in [1.165, 1.54) is 0 Å². The van der Waals surface area contributed by atoms with Crippen LogP contribution in [0.5, 0.6) is 5.75 Å². The van der Waals surface area contributed by atoms with Crippen LogP contribution in [-0.2, 0) is 16.1 Å². The summed E-state index contributed by atoms with van der Waals surface area (Å²) in [7, 11) is 0. The number of unbranched alkanes of at least 4 members (excludes halogenated alkanes) is 1. The van der Waals surface area contributed by atoms with E-state index in [0.717, 1.165) is 16.9 Å². The molecule has 2 amide bonds. The lowest BCUT2D eigenvalue weighted by atomic mass is 9.92. The molecule has 2 heterocycles. The van der Waals surface area contributed by atoms with Gasteiger partial charge in [-0.3, -0.25) is 28.8 Å².